The lowest BCUT2D eigenvalue weighted by Crippen LogP contribution is -2.28. The van der Waals surface area contributed by atoms with E-state index in [9.17, 15) is 8.42 Å². The molecule has 1 fully saturated rings. The molecular weight excluding hydrogens is 174 g/mol. The normalized spacial score (nSPS) is 19.1. The van der Waals surface area contributed by atoms with Crippen molar-refractivity contribution in [3.8, 4) is 0 Å². The molecule has 1 saturated carbocycles. The average Bonchev–Trinajstić information content (AvgIpc) is 1.95. The van der Waals surface area contributed by atoms with Gasteiger partial charge in [0.15, 0.2) is 0 Å². The number of hydrogen-bond donors (Lipinski definition) is 1. The van der Waals surface area contributed by atoms with Crippen LogP contribution in [0, 0.1) is 5.92 Å². The molecular formula is C8H17NO2S. The monoisotopic (exact) mass is 191 g/mol. The third kappa shape index (κ3) is 3.11. The number of nitrogens with one attached hydrogen (secondary N) is 1. The van der Waals surface area contributed by atoms with Crippen molar-refractivity contribution < 1.29 is 8.42 Å². The first kappa shape index (κ1) is 9.99. The first-order chi connectivity index (χ1) is 5.64. The van der Waals surface area contributed by atoms with Crippen LogP contribution in [-0.2, 0) is 10.0 Å². The van der Waals surface area contributed by atoms with Crippen LogP contribution < -0.4 is 4.72 Å². The van der Waals surface area contributed by atoms with E-state index in [1.54, 1.807) is 6.92 Å². The second-order valence-corrected chi connectivity index (χ2v) is 5.48. The van der Waals surface area contributed by atoms with E-state index < -0.39 is 10.0 Å². The van der Waals surface area contributed by atoms with Crippen LogP contribution in [0.4, 0.5) is 0 Å². The maximum atomic E-state index is 11.0. The summed E-state index contributed by atoms with van der Waals surface area (Å²) in [7, 11) is -2.95. The van der Waals surface area contributed by atoms with Crippen LogP contribution in [0.15, 0.2) is 0 Å². The van der Waals surface area contributed by atoms with E-state index in [-0.39, 0.29) is 5.75 Å². The van der Waals surface area contributed by atoms with Crippen molar-refractivity contribution >= 4 is 10.0 Å². The molecule has 0 amide bonds. The van der Waals surface area contributed by atoms with Crippen LogP contribution in [0.2, 0.25) is 0 Å². The summed E-state index contributed by atoms with van der Waals surface area (Å²) in [4.78, 5) is 0. The minimum absolute atomic E-state index is 0.192. The zero-order chi connectivity index (χ0) is 9.03. The highest BCUT2D eigenvalue weighted by atomic mass is 32.2. The Morgan fingerprint density at radius 1 is 1.42 bits per heavy atom. The molecule has 0 aliphatic heterocycles. The van der Waals surface area contributed by atoms with Crippen LogP contribution >= 0.6 is 0 Å². The van der Waals surface area contributed by atoms with Gasteiger partial charge >= 0.3 is 0 Å². The molecule has 72 valence electrons. The van der Waals surface area contributed by atoms with E-state index in [2.05, 4.69) is 4.72 Å². The molecule has 1 aliphatic rings. The predicted molar refractivity (Wildman–Crippen MR) is 49.4 cm³/mol. The van der Waals surface area contributed by atoms with E-state index in [1.807, 2.05) is 0 Å². The second-order valence-electron chi connectivity index (χ2n) is 3.38. The summed E-state index contributed by atoms with van der Waals surface area (Å²) in [6.45, 7) is 2.28. The largest absolute Gasteiger partial charge is 0.215 e. The van der Waals surface area contributed by atoms with Crippen molar-refractivity contribution in [3.05, 3.63) is 0 Å². The zero-order valence-electron chi connectivity index (χ0n) is 7.54. The van der Waals surface area contributed by atoms with E-state index in [0.717, 1.165) is 12.3 Å². The fourth-order valence-corrected chi connectivity index (χ4v) is 1.94. The molecule has 12 heavy (non-hydrogen) atoms. The molecule has 0 aromatic heterocycles. The summed E-state index contributed by atoms with van der Waals surface area (Å²) in [5, 5.41) is 0. The van der Waals surface area contributed by atoms with Gasteiger partial charge in [0.05, 0.1) is 5.75 Å². The van der Waals surface area contributed by atoms with Gasteiger partial charge in [0, 0.05) is 6.54 Å². The standard InChI is InChI=1S/C8H17NO2S/c1-2-12(10,11)9-7-6-8-4-3-5-8/h8-9H,2-7H2,1H3. The third-order valence-corrected chi connectivity index (χ3v) is 3.88. The van der Waals surface area contributed by atoms with E-state index in [1.165, 1.54) is 19.3 Å². The Hall–Kier alpha value is -0.0900. The molecule has 1 N–H and O–H groups in total. The summed E-state index contributed by atoms with van der Waals surface area (Å²) < 4.78 is 24.5. The van der Waals surface area contributed by atoms with Gasteiger partial charge in [0.2, 0.25) is 10.0 Å². The van der Waals surface area contributed by atoms with Gasteiger partial charge in [-0.25, -0.2) is 13.1 Å². The number of sulfonamides is 1. The molecule has 4 heteroatoms. The van der Waals surface area contributed by atoms with E-state index in [4.69, 9.17) is 0 Å². The Balaban J connectivity index is 2.08. The highest BCUT2D eigenvalue weighted by Gasteiger charge is 2.17. The molecule has 0 saturated heterocycles. The van der Waals surface area contributed by atoms with Gasteiger partial charge in [-0.15, -0.1) is 0 Å². The van der Waals surface area contributed by atoms with E-state index >= 15 is 0 Å². The first-order valence-corrected chi connectivity index (χ1v) is 6.26. The van der Waals surface area contributed by atoms with Crippen LogP contribution in [0.1, 0.15) is 32.6 Å². The SMILES string of the molecule is CCS(=O)(=O)NCCC1CCC1. The molecule has 0 radical (unpaired) electrons. The highest BCUT2D eigenvalue weighted by molar-refractivity contribution is 7.89. The lowest BCUT2D eigenvalue weighted by Gasteiger charge is -2.24. The third-order valence-electron chi connectivity index (χ3n) is 2.48. The number of rotatable bonds is 5. The van der Waals surface area contributed by atoms with Crippen molar-refractivity contribution in [2.45, 2.75) is 32.6 Å². The minimum atomic E-state index is -2.95. The summed E-state index contributed by atoms with van der Waals surface area (Å²) in [5.74, 6) is 0.974. The molecule has 0 unspecified atom stereocenters. The second kappa shape index (κ2) is 4.23. The summed E-state index contributed by atoms with van der Waals surface area (Å²) in [6.07, 6.45) is 4.91. The Morgan fingerprint density at radius 2 is 2.08 bits per heavy atom. The van der Waals surface area contributed by atoms with Gasteiger partial charge in [-0.1, -0.05) is 19.3 Å². The summed E-state index contributed by atoms with van der Waals surface area (Å²) >= 11 is 0. The van der Waals surface area contributed by atoms with Gasteiger partial charge in [-0.2, -0.15) is 0 Å². The van der Waals surface area contributed by atoms with Gasteiger partial charge < -0.3 is 0 Å². The lowest BCUT2D eigenvalue weighted by atomic mass is 9.83. The Morgan fingerprint density at radius 3 is 2.50 bits per heavy atom. The quantitative estimate of drug-likeness (QED) is 0.707. The fourth-order valence-electron chi connectivity index (χ4n) is 1.30. The lowest BCUT2D eigenvalue weighted by molar-refractivity contribution is 0.297. The Bertz CT molecular complexity index is 219. The van der Waals surface area contributed by atoms with Crippen molar-refractivity contribution in [2.24, 2.45) is 5.92 Å². The first-order valence-electron chi connectivity index (χ1n) is 4.61. The molecule has 0 aromatic carbocycles. The van der Waals surface area contributed by atoms with Crippen molar-refractivity contribution in [1.29, 1.82) is 0 Å². The van der Waals surface area contributed by atoms with Crippen molar-refractivity contribution in [1.82, 2.24) is 4.72 Å². The Labute approximate surface area is 74.6 Å². The minimum Gasteiger partial charge on any atom is -0.215 e. The zero-order valence-corrected chi connectivity index (χ0v) is 8.36. The highest BCUT2D eigenvalue weighted by Crippen LogP contribution is 2.28. The Kier molecular flexibility index (Phi) is 3.53. The van der Waals surface area contributed by atoms with Crippen LogP contribution in [0.3, 0.4) is 0 Å². The fraction of sp³-hybridized carbons (Fsp3) is 1.00. The molecule has 3 nitrogen and oxygen atoms in total. The summed E-state index contributed by atoms with van der Waals surface area (Å²) in [6, 6.07) is 0. The molecule has 1 aliphatic carbocycles. The van der Waals surface area contributed by atoms with Crippen molar-refractivity contribution in [3.63, 3.8) is 0 Å². The maximum absolute atomic E-state index is 11.0. The number of hydrogen-bond acceptors (Lipinski definition) is 2. The van der Waals surface area contributed by atoms with Gasteiger partial charge in [-0.3, -0.25) is 0 Å². The molecule has 0 atom stereocenters. The topological polar surface area (TPSA) is 46.2 Å². The van der Waals surface area contributed by atoms with Crippen LogP contribution in [0.5, 0.6) is 0 Å². The molecule has 0 bridgehead atoms. The molecule has 0 heterocycles. The van der Waals surface area contributed by atoms with Crippen LogP contribution in [-0.4, -0.2) is 20.7 Å². The van der Waals surface area contributed by atoms with E-state index in [0.29, 0.717) is 6.54 Å². The molecule has 0 spiro atoms. The van der Waals surface area contributed by atoms with Crippen LogP contribution in [0.25, 0.3) is 0 Å². The molecule has 1 rings (SSSR count). The van der Waals surface area contributed by atoms with Gasteiger partial charge in [0.25, 0.3) is 0 Å². The van der Waals surface area contributed by atoms with Crippen molar-refractivity contribution in [2.75, 3.05) is 12.3 Å². The predicted octanol–water partition coefficient (Wildman–Crippen LogP) is 1.12. The smallest absolute Gasteiger partial charge is 0.211 e. The van der Waals surface area contributed by atoms with Gasteiger partial charge in [0.1, 0.15) is 0 Å². The maximum Gasteiger partial charge on any atom is 0.211 e. The van der Waals surface area contributed by atoms with Gasteiger partial charge in [-0.05, 0) is 19.3 Å². The average molecular weight is 191 g/mol. The molecule has 0 aromatic rings. The summed E-state index contributed by atoms with van der Waals surface area (Å²) in [5.41, 5.74) is 0.